The van der Waals surface area contributed by atoms with E-state index in [1.165, 1.54) is 0 Å². The number of rotatable bonds is 3. The molecule has 15 heavy (non-hydrogen) atoms. The van der Waals surface area contributed by atoms with Crippen LogP contribution in [0.25, 0.3) is 11.0 Å². The quantitative estimate of drug-likeness (QED) is 0.830. The van der Waals surface area contributed by atoms with Crippen molar-refractivity contribution in [3.8, 4) is 0 Å². The topological polar surface area (TPSA) is 52.0 Å². The molecule has 0 aliphatic heterocycles. The van der Waals surface area contributed by atoms with Gasteiger partial charge in [-0.25, -0.2) is 0 Å². The largest absolute Gasteiger partial charge is 0.356 e. The third-order valence-corrected chi connectivity index (χ3v) is 3.20. The van der Waals surface area contributed by atoms with Gasteiger partial charge in [-0.15, -0.1) is 0 Å². The van der Waals surface area contributed by atoms with Gasteiger partial charge in [-0.1, -0.05) is 17.3 Å². The van der Waals surface area contributed by atoms with Crippen LogP contribution in [0, 0.1) is 0 Å². The molecule has 0 amide bonds. The molecule has 0 atom stereocenters. The maximum Gasteiger partial charge on any atom is 0.167 e. The summed E-state index contributed by atoms with van der Waals surface area (Å²) < 4.78 is 5.24. The van der Waals surface area contributed by atoms with Gasteiger partial charge in [0.2, 0.25) is 0 Å². The van der Waals surface area contributed by atoms with E-state index in [1.807, 2.05) is 18.2 Å². The number of aromatic nitrogens is 1. The van der Waals surface area contributed by atoms with Gasteiger partial charge < -0.3 is 10.3 Å². The van der Waals surface area contributed by atoms with E-state index in [1.54, 1.807) is 0 Å². The fourth-order valence-electron chi connectivity index (χ4n) is 1.90. The maximum absolute atomic E-state index is 6.05. The Bertz CT molecular complexity index is 485. The molecule has 1 saturated carbocycles. The van der Waals surface area contributed by atoms with Crippen LogP contribution in [0.5, 0.6) is 0 Å². The molecule has 2 N–H and O–H groups in total. The second-order valence-electron chi connectivity index (χ2n) is 4.49. The summed E-state index contributed by atoms with van der Waals surface area (Å²) in [5.74, 6) is 0. The van der Waals surface area contributed by atoms with Crippen molar-refractivity contribution in [2.75, 3.05) is 0 Å². The normalized spacial score (nSPS) is 18.2. The van der Waals surface area contributed by atoms with Crippen LogP contribution in [0.4, 0.5) is 0 Å². The van der Waals surface area contributed by atoms with Crippen LogP contribution < -0.4 is 5.73 Å². The van der Waals surface area contributed by atoms with Gasteiger partial charge in [0.1, 0.15) is 0 Å². The molecule has 0 unspecified atom stereocenters. The molecule has 0 radical (unpaired) electrons. The van der Waals surface area contributed by atoms with Gasteiger partial charge in [-0.05, 0) is 37.8 Å². The van der Waals surface area contributed by atoms with E-state index in [-0.39, 0.29) is 5.54 Å². The van der Waals surface area contributed by atoms with E-state index in [2.05, 4.69) is 11.2 Å². The van der Waals surface area contributed by atoms with Crippen molar-refractivity contribution in [2.45, 2.75) is 31.2 Å². The van der Waals surface area contributed by atoms with Crippen LogP contribution in [0.1, 0.15) is 25.0 Å². The van der Waals surface area contributed by atoms with Crippen molar-refractivity contribution < 1.29 is 4.52 Å². The molecule has 0 bridgehead atoms. The first-order valence-electron chi connectivity index (χ1n) is 5.39. The molecular weight excluding hydrogens is 188 g/mol. The molecule has 1 fully saturated rings. The van der Waals surface area contributed by atoms with Crippen molar-refractivity contribution in [1.82, 2.24) is 5.16 Å². The zero-order valence-electron chi connectivity index (χ0n) is 8.57. The number of nitrogens with two attached hydrogens (primary N) is 1. The van der Waals surface area contributed by atoms with Gasteiger partial charge in [0.05, 0.1) is 5.69 Å². The van der Waals surface area contributed by atoms with Gasteiger partial charge in [0.15, 0.2) is 5.58 Å². The minimum Gasteiger partial charge on any atom is -0.356 e. The average Bonchev–Trinajstić information content (AvgIpc) is 2.86. The Labute approximate surface area is 88.2 Å². The molecule has 1 aromatic heterocycles. The smallest absolute Gasteiger partial charge is 0.167 e. The van der Waals surface area contributed by atoms with Crippen molar-refractivity contribution in [3.63, 3.8) is 0 Å². The first kappa shape index (κ1) is 8.92. The zero-order valence-corrected chi connectivity index (χ0v) is 8.57. The van der Waals surface area contributed by atoms with Gasteiger partial charge in [-0.2, -0.15) is 0 Å². The molecule has 0 spiro atoms. The summed E-state index contributed by atoms with van der Waals surface area (Å²) in [7, 11) is 0. The van der Waals surface area contributed by atoms with Gasteiger partial charge in [0, 0.05) is 10.9 Å². The van der Waals surface area contributed by atoms with Gasteiger partial charge >= 0.3 is 0 Å². The van der Waals surface area contributed by atoms with E-state index >= 15 is 0 Å². The second kappa shape index (κ2) is 3.07. The lowest BCUT2D eigenvalue weighted by Crippen LogP contribution is -2.22. The predicted molar refractivity (Wildman–Crippen MR) is 58.5 cm³/mol. The van der Waals surface area contributed by atoms with Gasteiger partial charge in [-0.3, -0.25) is 0 Å². The van der Waals surface area contributed by atoms with Crippen molar-refractivity contribution in [1.29, 1.82) is 0 Å². The van der Waals surface area contributed by atoms with E-state index < -0.39 is 0 Å². The van der Waals surface area contributed by atoms with E-state index in [4.69, 9.17) is 10.3 Å². The first-order chi connectivity index (χ1) is 7.27. The van der Waals surface area contributed by atoms with Gasteiger partial charge in [0.25, 0.3) is 0 Å². The first-order valence-corrected chi connectivity index (χ1v) is 5.39. The van der Waals surface area contributed by atoms with Crippen LogP contribution in [-0.4, -0.2) is 10.7 Å². The molecule has 1 heterocycles. The number of para-hydroxylation sites is 1. The third kappa shape index (κ3) is 1.63. The number of hydrogen-bond donors (Lipinski definition) is 1. The lowest BCUT2D eigenvalue weighted by Gasteiger charge is -2.05. The van der Waals surface area contributed by atoms with Crippen LogP contribution in [0.2, 0.25) is 0 Å². The summed E-state index contributed by atoms with van der Waals surface area (Å²) in [5, 5.41) is 5.22. The Morgan fingerprint density at radius 1 is 1.33 bits per heavy atom. The lowest BCUT2D eigenvalue weighted by molar-refractivity contribution is 0.441. The maximum atomic E-state index is 6.05. The summed E-state index contributed by atoms with van der Waals surface area (Å²) in [6.45, 7) is 0. The fourth-order valence-corrected chi connectivity index (χ4v) is 1.90. The molecular formula is C12H14N2O. The summed E-state index contributed by atoms with van der Waals surface area (Å²) in [6.07, 6.45) is 4.25. The summed E-state index contributed by atoms with van der Waals surface area (Å²) >= 11 is 0. The van der Waals surface area contributed by atoms with Crippen LogP contribution >= 0.6 is 0 Å². The molecule has 1 aromatic carbocycles. The molecule has 1 aliphatic rings. The Hall–Kier alpha value is -1.35. The van der Waals surface area contributed by atoms with E-state index in [0.29, 0.717) is 0 Å². The summed E-state index contributed by atoms with van der Waals surface area (Å²) in [4.78, 5) is 0. The third-order valence-electron chi connectivity index (χ3n) is 3.20. The van der Waals surface area contributed by atoms with Crippen molar-refractivity contribution >= 4 is 11.0 Å². The average molecular weight is 202 g/mol. The molecule has 2 aromatic rings. The number of benzene rings is 1. The molecule has 78 valence electrons. The minimum absolute atomic E-state index is 0.0973. The minimum atomic E-state index is 0.0973. The molecule has 3 rings (SSSR count). The number of nitrogens with zero attached hydrogens (tertiary/aromatic N) is 1. The second-order valence-corrected chi connectivity index (χ2v) is 4.49. The van der Waals surface area contributed by atoms with Crippen LogP contribution in [0.15, 0.2) is 28.8 Å². The Morgan fingerprint density at radius 3 is 2.93 bits per heavy atom. The SMILES string of the molecule is NC1(CCc2noc3ccccc23)CC1. The highest BCUT2D eigenvalue weighted by molar-refractivity contribution is 5.79. The zero-order chi connectivity index (χ0) is 10.3. The molecule has 0 saturated heterocycles. The Kier molecular flexibility index (Phi) is 1.83. The highest BCUT2D eigenvalue weighted by Crippen LogP contribution is 2.37. The highest BCUT2D eigenvalue weighted by atomic mass is 16.5. The summed E-state index contributed by atoms with van der Waals surface area (Å²) in [6, 6.07) is 7.97. The highest BCUT2D eigenvalue weighted by Gasteiger charge is 2.37. The summed E-state index contributed by atoms with van der Waals surface area (Å²) in [5.41, 5.74) is 8.06. The number of hydrogen-bond acceptors (Lipinski definition) is 3. The predicted octanol–water partition coefficient (Wildman–Crippen LogP) is 2.25. The van der Waals surface area contributed by atoms with Crippen molar-refractivity contribution in [3.05, 3.63) is 30.0 Å². The number of fused-ring (bicyclic) bond motifs is 1. The van der Waals surface area contributed by atoms with Crippen LogP contribution in [0.3, 0.4) is 0 Å². The number of aryl methyl sites for hydroxylation is 1. The molecule has 3 heteroatoms. The monoisotopic (exact) mass is 202 g/mol. The Morgan fingerprint density at radius 2 is 2.13 bits per heavy atom. The van der Waals surface area contributed by atoms with Crippen LogP contribution in [-0.2, 0) is 6.42 Å². The standard InChI is InChI=1S/C12H14N2O/c13-12(7-8-12)6-5-10-9-3-1-2-4-11(9)15-14-10/h1-4H,5-8,13H2. The fraction of sp³-hybridized carbons (Fsp3) is 0.417. The molecule has 1 aliphatic carbocycles. The van der Waals surface area contributed by atoms with Crippen molar-refractivity contribution in [2.24, 2.45) is 5.73 Å². The van der Waals surface area contributed by atoms with E-state index in [9.17, 15) is 0 Å². The van der Waals surface area contributed by atoms with E-state index in [0.717, 1.165) is 42.3 Å². The Balaban J connectivity index is 1.84. The lowest BCUT2D eigenvalue weighted by atomic mass is 10.1. The molecule has 3 nitrogen and oxygen atoms in total.